The largest absolute Gasteiger partial charge is 0.436 e. The van der Waals surface area contributed by atoms with Gasteiger partial charge >= 0.3 is 0 Å². The molecule has 0 N–H and O–H groups in total. The van der Waals surface area contributed by atoms with Crippen LogP contribution in [0.1, 0.15) is 11.1 Å². The first kappa shape index (κ1) is 22.9. The van der Waals surface area contributed by atoms with Gasteiger partial charge in [0, 0.05) is 11.6 Å². The molecular weight excluding hydrogens is 493 g/mol. The second-order valence-corrected chi connectivity index (χ2v) is 10.7. The molecule has 0 saturated heterocycles. The molecule has 190 valence electrons. The number of nitrogens with zero attached hydrogens (tertiary/aromatic N) is 1. The Balaban J connectivity index is 1.51. The number of benzene rings is 7. The molecule has 1 heterocycles. The molecule has 3 heteroatoms. The van der Waals surface area contributed by atoms with Crippen molar-refractivity contribution in [2.75, 3.05) is 0 Å². The molecule has 2 nitrogen and oxygen atoms in total. The lowest BCUT2D eigenvalue weighted by Gasteiger charge is -2.18. The molecule has 0 atom stereocenters. The maximum absolute atomic E-state index is 14.0. The van der Waals surface area contributed by atoms with Gasteiger partial charge in [-0.2, -0.15) is 0 Å². The first-order valence-corrected chi connectivity index (χ1v) is 13.5. The van der Waals surface area contributed by atoms with Crippen LogP contribution >= 0.6 is 0 Å². The summed E-state index contributed by atoms with van der Waals surface area (Å²) in [6, 6.07) is 37.3. The maximum Gasteiger partial charge on any atom is 0.227 e. The van der Waals surface area contributed by atoms with Crippen LogP contribution in [0.2, 0.25) is 0 Å². The second kappa shape index (κ2) is 8.49. The summed E-state index contributed by atoms with van der Waals surface area (Å²) in [5.74, 6) is 0.164. The molecule has 0 aliphatic carbocycles. The molecular formula is C37H24FNO. The van der Waals surface area contributed by atoms with Gasteiger partial charge in [-0.1, -0.05) is 96.1 Å². The molecule has 40 heavy (non-hydrogen) atoms. The zero-order chi connectivity index (χ0) is 27.0. The highest BCUT2D eigenvalue weighted by atomic mass is 19.1. The molecule has 0 aliphatic heterocycles. The first-order chi connectivity index (χ1) is 19.5. The minimum Gasteiger partial charge on any atom is -0.436 e. The van der Waals surface area contributed by atoms with Crippen molar-refractivity contribution in [3.8, 4) is 33.7 Å². The van der Waals surface area contributed by atoms with Crippen molar-refractivity contribution in [1.82, 2.24) is 4.98 Å². The number of aromatic nitrogens is 1. The lowest BCUT2D eigenvalue weighted by molar-refractivity contribution is 0.614. The number of aryl methyl sites for hydroxylation is 2. The van der Waals surface area contributed by atoms with Gasteiger partial charge in [-0.15, -0.1) is 0 Å². The van der Waals surface area contributed by atoms with Crippen molar-refractivity contribution in [3.05, 3.63) is 126 Å². The zero-order valence-corrected chi connectivity index (χ0v) is 22.1. The predicted octanol–water partition coefficient (Wildman–Crippen LogP) is 10.5. The zero-order valence-electron chi connectivity index (χ0n) is 22.1. The molecule has 0 aliphatic rings. The fraction of sp³-hybridized carbons (Fsp3) is 0.0541. The molecule has 7 aromatic carbocycles. The summed E-state index contributed by atoms with van der Waals surface area (Å²) in [6.45, 7) is 4.21. The first-order valence-electron chi connectivity index (χ1n) is 13.5. The van der Waals surface area contributed by atoms with Crippen LogP contribution in [0, 0.1) is 19.7 Å². The van der Waals surface area contributed by atoms with Crippen LogP contribution in [0.3, 0.4) is 0 Å². The van der Waals surface area contributed by atoms with Crippen molar-refractivity contribution in [1.29, 1.82) is 0 Å². The van der Waals surface area contributed by atoms with E-state index in [9.17, 15) is 4.39 Å². The lowest BCUT2D eigenvalue weighted by Crippen LogP contribution is -1.92. The van der Waals surface area contributed by atoms with Gasteiger partial charge in [0.2, 0.25) is 5.89 Å². The molecule has 8 rings (SSSR count). The van der Waals surface area contributed by atoms with E-state index in [1.807, 2.05) is 0 Å². The van der Waals surface area contributed by atoms with Crippen molar-refractivity contribution < 1.29 is 8.81 Å². The van der Waals surface area contributed by atoms with Gasteiger partial charge < -0.3 is 4.42 Å². The molecule has 0 saturated carbocycles. The number of oxazole rings is 1. The third kappa shape index (κ3) is 3.44. The summed E-state index contributed by atoms with van der Waals surface area (Å²) in [5, 5.41) is 7.07. The molecule has 0 radical (unpaired) electrons. The smallest absolute Gasteiger partial charge is 0.227 e. The van der Waals surface area contributed by atoms with Gasteiger partial charge in [0.15, 0.2) is 5.58 Å². The van der Waals surface area contributed by atoms with Gasteiger partial charge in [-0.05, 0) is 86.6 Å². The lowest BCUT2D eigenvalue weighted by atomic mass is 9.85. The Morgan fingerprint density at radius 1 is 0.550 bits per heavy atom. The Labute approximate surface area is 230 Å². The number of rotatable bonds is 3. The highest BCUT2D eigenvalue weighted by Gasteiger charge is 2.20. The highest BCUT2D eigenvalue weighted by Crippen LogP contribution is 2.46. The van der Waals surface area contributed by atoms with E-state index in [1.54, 1.807) is 6.07 Å². The molecule has 0 fully saturated rings. The van der Waals surface area contributed by atoms with Gasteiger partial charge in [-0.3, -0.25) is 0 Å². The average molecular weight is 518 g/mol. The van der Waals surface area contributed by atoms with Crippen LogP contribution < -0.4 is 0 Å². The van der Waals surface area contributed by atoms with Gasteiger partial charge in [0.1, 0.15) is 11.3 Å². The Kier molecular flexibility index (Phi) is 4.86. The van der Waals surface area contributed by atoms with Crippen molar-refractivity contribution in [3.63, 3.8) is 0 Å². The molecule has 8 aromatic rings. The third-order valence-corrected chi connectivity index (χ3v) is 8.09. The molecule has 0 unspecified atom stereocenters. The maximum atomic E-state index is 14.0. The highest BCUT2D eigenvalue weighted by molar-refractivity contribution is 6.29. The van der Waals surface area contributed by atoms with Crippen LogP contribution in [-0.4, -0.2) is 4.98 Å². The Morgan fingerprint density at radius 3 is 1.88 bits per heavy atom. The van der Waals surface area contributed by atoms with Gasteiger partial charge in [0.05, 0.1) is 0 Å². The summed E-state index contributed by atoms with van der Waals surface area (Å²) >= 11 is 0. The fourth-order valence-electron chi connectivity index (χ4n) is 6.05. The summed E-state index contributed by atoms with van der Waals surface area (Å²) in [5.41, 5.74) is 9.09. The second-order valence-electron chi connectivity index (χ2n) is 10.7. The summed E-state index contributed by atoms with van der Waals surface area (Å²) < 4.78 is 20.2. The average Bonchev–Trinajstić information content (AvgIpc) is 3.39. The van der Waals surface area contributed by atoms with E-state index >= 15 is 0 Å². The normalized spacial score (nSPS) is 11.9. The van der Waals surface area contributed by atoms with E-state index in [2.05, 4.69) is 105 Å². The Bertz CT molecular complexity index is 2220. The molecule has 1 aromatic heterocycles. The Hall–Kier alpha value is -5.02. The van der Waals surface area contributed by atoms with Crippen LogP contribution in [0.25, 0.3) is 77.1 Å². The van der Waals surface area contributed by atoms with Gasteiger partial charge in [0.25, 0.3) is 0 Å². The van der Waals surface area contributed by atoms with Crippen molar-refractivity contribution in [2.45, 2.75) is 13.8 Å². The van der Waals surface area contributed by atoms with E-state index < -0.39 is 0 Å². The topological polar surface area (TPSA) is 26.0 Å². The monoisotopic (exact) mass is 517 g/mol. The number of hydrogen-bond acceptors (Lipinski definition) is 2. The number of halogens is 1. The summed E-state index contributed by atoms with van der Waals surface area (Å²) in [7, 11) is 0. The van der Waals surface area contributed by atoms with E-state index in [0.29, 0.717) is 17.0 Å². The van der Waals surface area contributed by atoms with Crippen molar-refractivity contribution in [2.24, 2.45) is 0 Å². The molecule has 0 spiro atoms. The van der Waals surface area contributed by atoms with Crippen LogP contribution in [0.5, 0.6) is 0 Å². The van der Waals surface area contributed by atoms with Crippen molar-refractivity contribution >= 4 is 43.4 Å². The van der Waals surface area contributed by atoms with E-state index in [0.717, 1.165) is 22.1 Å². The SMILES string of the molecule is Cc1ccc(-c2ccc3ccc4c(-c5ccc(C)cc5)cc(-c5nc6cc(F)ccc6o5)c5ccc2c3c45)cc1. The van der Waals surface area contributed by atoms with E-state index in [-0.39, 0.29) is 5.82 Å². The third-order valence-electron chi connectivity index (χ3n) is 8.09. The Morgan fingerprint density at radius 2 is 1.15 bits per heavy atom. The van der Waals surface area contributed by atoms with Crippen LogP contribution in [-0.2, 0) is 0 Å². The van der Waals surface area contributed by atoms with E-state index in [4.69, 9.17) is 9.40 Å². The number of hydrogen-bond donors (Lipinski definition) is 0. The van der Waals surface area contributed by atoms with E-state index in [1.165, 1.54) is 61.3 Å². The standard InChI is InChI=1S/C37H24FNO/c1-21-3-7-23(8-4-21)27-14-11-25-12-15-29-31(24-9-5-22(2)6-10-24)20-32(30-17-16-28(27)35(25)36(29)30)37-39-33-19-26(38)13-18-34(33)40-37/h3-20H,1-2H3. The van der Waals surface area contributed by atoms with Gasteiger partial charge in [-0.25, -0.2) is 9.37 Å². The quantitative estimate of drug-likeness (QED) is 0.218. The minimum atomic E-state index is -0.327. The fourth-order valence-corrected chi connectivity index (χ4v) is 6.05. The molecule has 0 amide bonds. The predicted molar refractivity (Wildman–Crippen MR) is 163 cm³/mol. The minimum absolute atomic E-state index is 0.327. The number of fused-ring (bicyclic) bond motifs is 1. The molecule has 0 bridgehead atoms. The summed E-state index contributed by atoms with van der Waals surface area (Å²) in [6.07, 6.45) is 0. The van der Waals surface area contributed by atoms with Crippen LogP contribution in [0.15, 0.2) is 114 Å². The van der Waals surface area contributed by atoms with Crippen LogP contribution in [0.4, 0.5) is 4.39 Å². The summed E-state index contributed by atoms with van der Waals surface area (Å²) in [4.78, 5) is 4.74.